The molecule has 1 saturated carbocycles. The number of hydrogen-bond acceptors (Lipinski definition) is 3. The summed E-state index contributed by atoms with van der Waals surface area (Å²) in [7, 11) is 1.58. The Morgan fingerprint density at radius 2 is 1.96 bits per heavy atom. The van der Waals surface area contributed by atoms with Gasteiger partial charge in [-0.15, -0.1) is 0 Å². The molecule has 0 atom stereocenters. The minimum absolute atomic E-state index is 0.0975. The minimum Gasteiger partial charge on any atom is -0.481 e. The summed E-state index contributed by atoms with van der Waals surface area (Å²) in [6.07, 6.45) is 5.17. The van der Waals surface area contributed by atoms with Crippen molar-refractivity contribution in [3.05, 3.63) is 59.8 Å². The molecular weight excluding hydrogens is 302 g/mol. The molecule has 2 amide bonds. The van der Waals surface area contributed by atoms with Gasteiger partial charge in [-0.25, -0.2) is 9.78 Å². The Morgan fingerprint density at radius 1 is 1.17 bits per heavy atom. The van der Waals surface area contributed by atoms with Gasteiger partial charge >= 0.3 is 6.03 Å². The second-order valence-electron chi connectivity index (χ2n) is 6.24. The summed E-state index contributed by atoms with van der Waals surface area (Å²) >= 11 is 0. The molecule has 5 heteroatoms. The average molecular weight is 325 g/mol. The Bertz CT molecular complexity index is 667. The van der Waals surface area contributed by atoms with Gasteiger partial charge in [-0.05, 0) is 24.0 Å². The first-order chi connectivity index (χ1) is 11.7. The summed E-state index contributed by atoms with van der Waals surface area (Å²) in [5.41, 5.74) is 2.35. The zero-order chi connectivity index (χ0) is 16.8. The smallest absolute Gasteiger partial charge is 0.315 e. The van der Waals surface area contributed by atoms with Crippen molar-refractivity contribution in [2.75, 3.05) is 13.7 Å². The lowest BCUT2D eigenvalue weighted by Gasteiger charge is -2.42. The number of urea groups is 1. The van der Waals surface area contributed by atoms with Gasteiger partial charge in [-0.2, -0.15) is 0 Å². The van der Waals surface area contributed by atoms with Crippen LogP contribution in [0.25, 0.3) is 0 Å². The summed E-state index contributed by atoms with van der Waals surface area (Å²) in [6, 6.07) is 14.0. The first-order valence-electron chi connectivity index (χ1n) is 8.28. The van der Waals surface area contributed by atoms with E-state index in [0.717, 1.165) is 18.4 Å². The Morgan fingerprint density at radius 3 is 2.54 bits per heavy atom. The number of amides is 2. The van der Waals surface area contributed by atoms with Gasteiger partial charge in [0.05, 0.1) is 7.11 Å². The van der Waals surface area contributed by atoms with E-state index >= 15 is 0 Å². The number of pyridine rings is 1. The zero-order valence-corrected chi connectivity index (χ0v) is 13.9. The SMILES string of the molecule is COc1ccc(CNC(=O)NCC2(c3ccccc3)CCC2)cn1. The molecular formula is C19H23N3O2. The molecule has 0 bridgehead atoms. The molecule has 0 unspecified atom stereocenters. The molecule has 1 aromatic carbocycles. The van der Waals surface area contributed by atoms with Crippen LogP contribution in [0.5, 0.6) is 5.88 Å². The van der Waals surface area contributed by atoms with Crippen molar-refractivity contribution in [3.63, 3.8) is 0 Å². The fourth-order valence-corrected chi connectivity index (χ4v) is 3.09. The molecule has 1 aliphatic rings. The van der Waals surface area contributed by atoms with E-state index in [9.17, 15) is 4.79 Å². The van der Waals surface area contributed by atoms with E-state index in [1.807, 2.05) is 12.1 Å². The molecule has 1 heterocycles. The van der Waals surface area contributed by atoms with Crippen LogP contribution in [-0.2, 0) is 12.0 Å². The molecule has 1 fully saturated rings. The van der Waals surface area contributed by atoms with Gasteiger partial charge < -0.3 is 15.4 Å². The van der Waals surface area contributed by atoms with Gasteiger partial charge in [0.15, 0.2) is 0 Å². The first kappa shape index (κ1) is 16.3. The number of ether oxygens (including phenoxy) is 1. The second-order valence-corrected chi connectivity index (χ2v) is 6.24. The minimum atomic E-state index is -0.145. The summed E-state index contributed by atoms with van der Waals surface area (Å²) in [6.45, 7) is 1.12. The third-order valence-electron chi connectivity index (χ3n) is 4.74. The Hall–Kier alpha value is -2.56. The molecule has 1 aliphatic carbocycles. The van der Waals surface area contributed by atoms with Gasteiger partial charge in [-0.3, -0.25) is 0 Å². The van der Waals surface area contributed by atoms with E-state index in [1.54, 1.807) is 19.4 Å². The van der Waals surface area contributed by atoms with Gasteiger partial charge in [0.25, 0.3) is 0 Å². The highest BCUT2D eigenvalue weighted by atomic mass is 16.5. The van der Waals surface area contributed by atoms with E-state index in [4.69, 9.17) is 4.74 Å². The zero-order valence-electron chi connectivity index (χ0n) is 13.9. The second kappa shape index (κ2) is 7.34. The van der Waals surface area contributed by atoms with Gasteiger partial charge in [-0.1, -0.05) is 42.8 Å². The van der Waals surface area contributed by atoms with Crippen LogP contribution in [0.1, 0.15) is 30.4 Å². The van der Waals surface area contributed by atoms with Crippen LogP contribution >= 0.6 is 0 Å². The number of nitrogens with zero attached hydrogens (tertiary/aromatic N) is 1. The molecule has 0 saturated heterocycles. The van der Waals surface area contributed by atoms with Crippen molar-refractivity contribution in [2.24, 2.45) is 0 Å². The largest absolute Gasteiger partial charge is 0.481 e. The predicted molar refractivity (Wildman–Crippen MR) is 93.0 cm³/mol. The van der Waals surface area contributed by atoms with E-state index < -0.39 is 0 Å². The number of benzene rings is 1. The van der Waals surface area contributed by atoms with Gasteiger partial charge in [0, 0.05) is 30.8 Å². The van der Waals surface area contributed by atoms with Crippen molar-refractivity contribution in [2.45, 2.75) is 31.2 Å². The molecule has 126 valence electrons. The highest BCUT2D eigenvalue weighted by molar-refractivity contribution is 5.74. The Kier molecular flexibility index (Phi) is 4.99. The van der Waals surface area contributed by atoms with Crippen LogP contribution in [0.15, 0.2) is 48.7 Å². The van der Waals surface area contributed by atoms with Crippen LogP contribution in [0, 0.1) is 0 Å². The summed E-state index contributed by atoms with van der Waals surface area (Å²) in [4.78, 5) is 16.2. The molecule has 0 aliphatic heterocycles. The number of rotatable bonds is 6. The lowest BCUT2D eigenvalue weighted by atomic mass is 9.64. The molecule has 24 heavy (non-hydrogen) atoms. The fourth-order valence-electron chi connectivity index (χ4n) is 3.09. The number of hydrogen-bond donors (Lipinski definition) is 2. The van der Waals surface area contributed by atoms with E-state index in [2.05, 4.69) is 39.9 Å². The molecule has 5 nitrogen and oxygen atoms in total. The highest BCUT2D eigenvalue weighted by Crippen LogP contribution is 2.43. The highest BCUT2D eigenvalue weighted by Gasteiger charge is 2.38. The number of methoxy groups -OCH3 is 1. The topological polar surface area (TPSA) is 63.2 Å². The summed E-state index contributed by atoms with van der Waals surface area (Å²) in [5, 5.41) is 5.90. The molecule has 3 rings (SSSR count). The van der Waals surface area contributed by atoms with E-state index in [-0.39, 0.29) is 11.4 Å². The summed E-state index contributed by atoms with van der Waals surface area (Å²) in [5.74, 6) is 0.568. The predicted octanol–water partition coefficient (Wildman–Crippen LogP) is 3.01. The van der Waals surface area contributed by atoms with Crippen molar-refractivity contribution in [1.29, 1.82) is 0 Å². The lowest BCUT2D eigenvalue weighted by Crippen LogP contribution is -2.48. The maximum atomic E-state index is 12.1. The molecule has 2 N–H and O–H groups in total. The van der Waals surface area contributed by atoms with Crippen molar-refractivity contribution >= 4 is 6.03 Å². The van der Waals surface area contributed by atoms with Crippen molar-refractivity contribution in [3.8, 4) is 5.88 Å². The van der Waals surface area contributed by atoms with Crippen LogP contribution in [-0.4, -0.2) is 24.7 Å². The monoisotopic (exact) mass is 325 g/mol. The number of carbonyl (C=O) groups excluding carboxylic acids is 1. The third kappa shape index (κ3) is 3.67. The molecule has 2 aromatic rings. The number of carbonyl (C=O) groups is 1. The normalized spacial score (nSPS) is 15.2. The Balaban J connectivity index is 1.50. The quantitative estimate of drug-likeness (QED) is 0.858. The lowest BCUT2D eigenvalue weighted by molar-refractivity contribution is 0.214. The van der Waals surface area contributed by atoms with Crippen molar-refractivity contribution < 1.29 is 9.53 Å². The summed E-state index contributed by atoms with van der Waals surface area (Å²) < 4.78 is 5.02. The van der Waals surface area contributed by atoms with Crippen molar-refractivity contribution in [1.82, 2.24) is 15.6 Å². The Labute approximate surface area is 142 Å². The van der Waals surface area contributed by atoms with Gasteiger partial charge in [0.1, 0.15) is 0 Å². The first-order valence-corrected chi connectivity index (χ1v) is 8.28. The molecule has 0 spiro atoms. The average Bonchev–Trinajstić information content (AvgIpc) is 2.60. The fraction of sp³-hybridized carbons (Fsp3) is 0.368. The molecule has 0 radical (unpaired) electrons. The van der Waals surface area contributed by atoms with E-state index in [0.29, 0.717) is 19.0 Å². The maximum absolute atomic E-state index is 12.1. The van der Waals surface area contributed by atoms with Crippen LogP contribution in [0.2, 0.25) is 0 Å². The van der Waals surface area contributed by atoms with Gasteiger partial charge in [0.2, 0.25) is 5.88 Å². The molecule has 1 aromatic heterocycles. The number of aromatic nitrogens is 1. The van der Waals surface area contributed by atoms with E-state index in [1.165, 1.54) is 12.0 Å². The third-order valence-corrected chi connectivity index (χ3v) is 4.74. The van der Waals surface area contributed by atoms with Crippen LogP contribution in [0.4, 0.5) is 4.79 Å². The number of nitrogens with one attached hydrogen (secondary N) is 2. The van der Waals surface area contributed by atoms with Crippen LogP contribution < -0.4 is 15.4 Å². The van der Waals surface area contributed by atoms with Crippen LogP contribution in [0.3, 0.4) is 0 Å². The standard InChI is InChI=1S/C19H23N3O2/c1-24-17-9-8-15(12-20-17)13-21-18(23)22-14-19(10-5-11-19)16-6-3-2-4-7-16/h2-4,6-9,12H,5,10-11,13-14H2,1H3,(H2,21,22,23). The maximum Gasteiger partial charge on any atom is 0.315 e.